The molecule has 2 N–H and O–H groups in total. The van der Waals surface area contributed by atoms with Crippen LogP contribution in [0.25, 0.3) is 0 Å². The van der Waals surface area contributed by atoms with Crippen molar-refractivity contribution in [1.29, 1.82) is 0 Å². The molecule has 2 amide bonds. The summed E-state index contributed by atoms with van der Waals surface area (Å²) in [6.45, 7) is 10.0. The molecule has 1 aromatic heterocycles. The summed E-state index contributed by atoms with van der Waals surface area (Å²) in [7, 11) is 0. The molecular weight excluding hydrogens is 322 g/mol. The van der Waals surface area contributed by atoms with Crippen molar-refractivity contribution >= 4 is 23.2 Å². The van der Waals surface area contributed by atoms with Crippen molar-refractivity contribution in [3.63, 3.8) is 0 Å². The zero-order valence-corrected chi connectivity index (χ0v) is 15.5. The molecule has 2 aromatic rings. The molecule has 0 unspecified atom stereocenters. The lowest BCUT2D eigenvalue weighted by molar-refractivity contribution is 0.0848. The Morgan fingerprint density at radius 2 is 1.67 bits per heavy atom. The van der Waals surface area contributed by atoms with Gasteiger partial charge in [-0.1, -0.05) is 39.8 Å². The van der Waals surface area contributed by atoms with Gasteiger partial charge < -0.3 is 0 Å². The number of hydrogen-bond acceptors (Lipinski definition) is 4. The number of benzene rings is 1. The Hall–Kier alpha value is -2.21. The van der Waals surface area contributed by atoms with Gasteiger partial charge in [-0.3, -0.25) is 20.4 Å². The number of carbonyl (C=O) groups excluding carboxylic acids is 2. The lowest BCUT2D eigenvalue weighted by Crippen LogP contribution is -2.41. The fourth-order valence-corrected chi connectivity index (χ4v) is 3.08. The number of nitrogens with zero attached hydrogens (tertiary/aromatic N) is 1. The average Bonchev–Trinajstić information content (AvgIpc) is 2.94. The fraction of sp³-hybridized carbons (Fsp3) is 0.389. The van der Waals surface area contributed by atoms with E-state index in [9.17, 15) is 9.59 Å². The van der Waals surface area contributed by atoms with Crippen molar-refractivity contribution in [2.75, 3.05) is 0 Å². The Kier molecular flexibility index (Phi) is 5.39. The summed E-state index contributed by atoms with van der Waals surface area (Å²) in [4.78, 5) is 29.3. The largest absolute Gasteiger partial charge is 0.281 e. The van der Waals surface area contributed by atoms with Crippen molar-refractivity contribution in [2.24, 2.45) is 0 Å². The quantitative estimate of drug-likeness (QED) is 0.838. The standard InChI is InChI=1S/C18H23N3O2S/c1-6-12-7-9-13(10-8-12)15(22)20-21-16(23)14-11(2)19-17(24-14)18(3,4)5/h7-10H,6H2,1-5H3,(H,20,22)(H,21,23). The Morgan fingerprint density at radius 3 is 2.17 bits per heavy atom. The molecule has 6 heteroatoms. The van der Waals surface area contributed by atoms with E-state index in [0.717, 1.165) is 17.0 Å². The van der Waals surface area contributed by atoms with Crippen LogP contribution in [-0.2, 0) is 11.8 Å². The average molecular weight is 345 g/mol. The van der Waals surface area contributed by atoms with E-state index in [-0.39, 0.29) is 17.2 Å². The SMILES string of the molecule is CCc1ccc(C(=O)NNC(=O)c2sc(C(C)(C)C)nc2C)cc1. The van der Waals surface area contributed by atoms with Gasteiger partial charge in [-0.2, -0.15) is 0 Å². The molecule has 0 aliphatic rings. The van der Waals surface area contributed by atoms with E-state index in [1.165, 1.54) is 11.3 Å². The first-order valence-electron chi connectivity index (χ1n) is 7.90. The van der Waals surface area contributed by atoms with Crippen LogP contribution in [0.15, 0.2) is 24.3 Å². The number of aryl methyl sites for hydroxylation is 2. The molecule has 0 fully saturated rings. The molecule has 2 rings (SSSR count). The topological polar surface area (TPSA) is 71.1 Å². The summed E-state index contributed by atoms with van der Waals surface area (Å²) in [6.07, 6.45) is 0.916. The van der Waals surface area contributed by atoms with Gasteiger partial charge in [0.1, 0.15) is 4.88 Å². The van der Waals surface area contributed by atoms with Crippen LogP contribution in [0.2, 0.25) is 0 Å². The molecule has 0 saturated carbocycles. The third-order valence-corrected chi connectivity index (χ3v) is 5.14. The van der Waals surface area contributed by atoms with E-state index in [0.29, 0.717) is 16.1 Å². The molecule has 24 heavy (non-hydrogen) atoms. The van der Waals surface area contributed by atoms with Crippen molar-refractivity contribution in [3.8, 4) is 0 Å². The van der Waals surface area contributed by atoms with Crippen molar-refractivity contribution in [1.82, 2.24) is 15.8 Å². The Balaban J connectivity index is 2.02. The highest BCUT2D eigenvalue weighted by atomic mass is 32.1. The molecule has 5 nitrogen and oxygen atoms in total. The highest BCUT2D eigenvalue weighted by molar-refractivity contribution is 7.14. The second-order valence-corrected chi connectivity index (χ2v) is 7.64. The molecule has 0 bridgehead atoms. The third-order valence-electron chi connectivity index (χ3n) is 3.56. The molecule has 1 heterocycles. The Morgan fingerprint density at radius 1 is 1.08 bits per heavy atom. The van der Waals surface area contributed by atoms with Crippen molar-refractivity contribution in [3.05, 3.63) is 51.0 Å². The highest BCUT2D eigenvalue weighted by Gasteiger charge is 2.23. The fourth-order valence-electron chi connectivity index (χ4n) is 2.06. The van der Waals surface area contributed by atoms with Gasteiger partial charge in [0, 0.05) is 11.0 Å². The molecule has 1 aromatic carbocycles. The van der Waals surface area contributed by atoms with Gasteiger partial charge in [0.05, 0.1) is 10.7 Å². The van der Waals surface area contributed by atoms with E-state index in [2.05, 4.69) is 43.5 Å². The molecule has 0 aliphatic heterocycles. The van der Waals surface area contributed by atoms with Crippen LogP contribution in [-0.4, -0.2) is 16.8 Å². The van der Waals surface area contributed by atoms with Crippen LogP contribution in [0.5, 0.6) is 0 Å². The zero-order chi connectivity index (χ0) is 17.9. The van der Waals surface area contributed by atoms with Gasteiger partial charge in [-0.05, 0) is 31.0 Å². The Bertz CT molecular complexity index is 743. The first kappa shape index (κ1) is 18.1. The molecule has 128 valence electrons. The number of rotatable bonds is 3. The maximum absolute atomic E-state index is 12.3. The summed E-state index contributed by atoms with van der Waals surface area (Å²) >= 11 is 1.35. The second-order valence-electron chi connectivity index (χ2n) is 6.64. The molecule has 0 saturated heterocycles. The van der Waals surface area contributed by atoms with E-state index in [1.807, 2.05) is 12.1 Å². The smallest absolute Gasteiger partial charge is 0.267 e. The third kappa shape index (κ3) is 4.20. The number of nitrogens with one attached hydrogen (secondary N) is 2. The summed E-state index contributed by atoms with van der Waals surface area (Å²) < 4.78 is 0. The molecule has 0 aliphatic carbocycles. The molecule has 0 spiro atoms. The summed E-state index contributed by atoms with van der Waals surface area (Å²) in [5, 5.41) is 0.895. The van der Waals surface area contributed by atoms with Gasteiger partial charge in [-0.15, -0.1) is 11.3 Å². The van der Waals surface area contributed by atoms with Crippen LogP contribution in [0.3, 0.4) is 0 Å². The van der Waals surface area contributed by atoms with E-state index in [4.69, 9.17) is 0 Å². The molecule has 0 radical (unpaired) electrons. The lowest BCUT2D eigenvalue weighted by atomic mass is 9.98. The van der Waals surface area contributed by atoms with Crippen LogP contribution in [0.4, 0.5) is 0 Å². The number of aromatic nitrogens is 1. The predicted octanol–water partition coefficient (Wildman–Crippen LogP) is 3.39. The first-order valence-corrected chi connectivity index (χ1v) is 8.71. The van der Waals surface area contributed by atoms with E-state index < -0.39 is 0 Å². The van der Waals surface area contributed by atoms with Crippen LogP contribution in [0, 0.1) is 6.92 Å². The number of amides is 2. The maximum atomic E-state index is 12.3. The van der Waals surface area contributed by atoms with Crippen LogP contribution >= 0.6 is 11.3 Å². The number of carbonyl (C=O) groups is 2. The monoisotopic (exact) mass is 345 g/mol. The zero-order valence-electron chi connectivity index (χ0n) is 14.7. The van der Waals surface area contributed by atoms with E-state index in [1.54, 1.807) is 19.1 Å². The predicted molar refractivity (Wildman–Crippen MR) is 96.3 cm³/mol. The van der Waals surface area contributed by atoms with Crippen LogP contribution < -0.4 is 10.9 Å². The van der Waals surface area contributed by atoms with Crippen molar-refractivity contribution in [2.45, 2.75) is 46.5 Å². The second kappa shape index (κ2) is 7.13. The summed E-state index contributed by atoms with van der Waals surface area (Å²) in [5.41, 5.74) is 7.13. The minimum atomic E-state index is -0.348. The van der Waals surface area contributed by atoms with Crippen molar-refractivity contribution < 1.29 is 9.59 Å². The van der Waals surface area contributed by atoms with Gasteiger partial charge in [0.2, 0.25) is 0 Å². The van der Waals surface area contributed by atoms with Crippen LogP contribution in [0.1, 0.15) is 64.0 Å². The molecular formula is C18H23N3O2S. The maximum Gasteiger partial charge on any atom is 0.281 e. The minimum absolute atomic E-state index is 0.113. The van der Waals surface area contributed by atoms with Gasteiger partial charge >= 0.3 is 0 Å². The minimum Gasteiger partial charge on any atom is -0.267 e. The van der Waals surface area contributed by atoms with Gasteiger partial charge in [0.15, 0.2) is 0 Å². The number of hydrazine groups is 1. The lowest BCUT2D eigenvalue weighted by Gasteiger charge is -2.13. The molecule has 0 atom stereocenters. The summed E-state index contributed by atoms with van der Waals surface area (Å²) in [5.74, 6) is -0.691. The van der Waals surface area contributed by atoms with Gasteiger partial charge in [0.25, 0.3) is 11.8 Å². The Labute approximate surface area is 146 Å². The van der Waals surface area contributed by atoms with Gasteiger partial charge in [-0.25, -0.2) is 4.98 Å². The highest BCUT2D eigenvalue weighted by Crippen LogP contribution is 2.28. The number of hydrogen-bond donors (Lipinski definition) is 2. The van der Waals surface area contributed by atoms with E-state index >= 15 is 0 Å². The first-order chi connectivity index (χ1) is 11.2. The normalized spacial score (nSPS) is 11.2. The summed E-state index contributed by atoms with van der Waals surface area (Å²) in [6, 6.07) is 7.30. The number of thiazole rings is 1.